The number of carbonyl (C=O) groups is 1. The van der Waals surface area contributed by atoms with Gasteiger partial charge < -0.3 is 10.6 Å². The maximum Gasteiger partial charge on any atom is 0.271 e. The SMILES string of the molecule is Cc1cccc(CNC(=O)c2cnc(Nc3ccccc3F)cn2)c1. The molecule has 3 rings (SSSR count). The summed E-state index contributed by atoms with van der Waals surface area (Å²) in [7, 11) is 0. The third-order valence-corrected chi connectivity index (χ3v) is 3.56. The van der Waals surface area contributed by atoms with Gasteiger partial charge in [-0.25, -0.2) is 14.4 Å². The van der Waals surface area contributed by atoms with Crippen molar-refractivity contribution in [2.45, 2.75) is 13.5 Å². The van der Waals surface area contributed by atoms with Crippen LogP contribution in [-0.2, 0) is 6.54 Å². The summed E-state index contributed by atoms with van der Waals surface area (Å²) in [6.45, 7) is 2.41. The predicted molar refractivity (Wildman–Crippen MR) is 94.1 cm³/mol. The zero-order chi connectivity index (χ0) is 17.6. The highest BCUT2D eigenvalue weighted by atomic mass is 19.1. The van der Waals surface area contributed by atoms with Crippen LogP contribution in [0.4, 0.5) is 15.9 Å². The summed E-state index contributed by atoms with van der Waals surface area (Å²) < 4.78 is 13.6. The highest BCUT2D eigenvalue weighted by molar-refractivity contribution is 5.92. The van der Waals surface area contributed by atoms with Crippen molar-refractivity contribution in [2.24, 2.45) is 0 Å². The molecule has 0 spiro atoms. The number of hydrogen-bond acceptors (Lipinski definition) is 4. The zero-order valence-electron chi connectivity index (χ0n) is 13.7. The van der Waals surface area contributed by atoms with E-state index < -0.39 is 0 Å². The van der Waals surface area contributed by atoms with E-state index in [0.717, 1.165) is 11.1 Å². The smallest absolute Gasteiger partial charge is 0.271 e. The summed E-state index contributed by atoms with van der Waals surface area (Å²) in [5, 5.41) is 5.62. The lowest BCUT2D eigenvalue weighted by Gasteiger charge is -2.08. The van der Waals surface area contributed by atoms with E-state index in [2.05, 4.69) is 20.6 Å². The summed E-state index contributed by atoms with van der Waals surface area (Å²) >= 11 is 0. The van der Waals surface area contributed by atoms with Gasteiger partial charge in [0.15, 0.2) is 0 Å². The number of halogens is 1. The first-order valence-electron chi connectivity index (χ1n) is 7.79. The topological polar surface area (TPSA) is 66.9 Å². The Morgan fingerprint density at radius 2 is 1.92 bits per heavy atom. The van der Waals surface area contributed by atoms with Gasteiger partial charge in [-0.3, -0.25) is 4.79 Å². The van der Waals surface area contributed by atoms with Crippen molar-refractivity contribution in [3.63, 3.8) is 0 Å². The quantitative estimate of drug-likeness (QED) is 0.747. The fourth-order valence-corrected chi connectivity index (χ4v) is 2.31. The van der Waals surface area contributed by atoms with Gasteiger partial charge in [-0.15, -0.1) is 0 Å². The second-order valence-corrected chi connectivity index (χ2v) is 5.56. The Labute approximate surface area is 145 Å². The molecule has 0 radical (unpaired) electrons. The highest BCUT2D eigenvalue weighted by Gasteiger charge is 2.09. The first kappa shape index (κ1) is 16.6. The number of amides is 1. The van der Waals surface area contributed by atoms with E-state index >= 15 is 0 Å². The van der Waals surface area contributed by atoms with E-state index in [9.17, 15) is 9.18 Å². The number of nitrogens with zero attached hydrogens (tertiary/aromatic N) is 2. The molecule has 0 aliphatic carbocycles. The minimum Gasteiger partial charge on any atom is -0.347 e. The Hall–Kier alpha value is -3.28. The summed E-state index contributed by atoms with van der Waals surface area (Å²) in [4.78, 5) is 20.3. The lowest BCUT2D eigenvalue weighted by Crippen LogP contribution is -2.24. The van der Waals surface area contributed by atoms with Gasteiger partial charge in [0.2, 0.25) is 0 Å². The molecule has 1 aromatic heterocycles. The number of aryl methyl sites for hydroxylation is 1. The third-order valence-electron chi connectivity index (χ3n) is 3.56. The lowest BCUT2D eigenvalue weighted by atomic mass is 10.1. The highest BCUT2D eigenvalue weighted by Crippen LogP contribution is 2.17. The molecule has 5 nitrogen and oxygen atoms in total. The van der Waals surface area contributed by atoms with E-state index in [-0.39, 0.29) is 17.4 Å². The van der Waals surface area contributed by atoms with Crippen LogP contribution >= 0.6 is 0 Å². The Balaban J connectivity index is 1.61. The van der Waals surface area contributed by atoms with Crippen molar-refractivity contribution in [1.29, 1.82) is 0 Å². The normalized spacial score (nSPS) is 10.3. The summed E-state index contributed by atoms with van der Waals surface area (Å²) in [5.74, 6) is -0.337. The van der Waals surface area contributed by atoms with E-state index in [4.69, 9.17) is 0 Å². The molecule has 0 saturated heterocycles. The fraction of sp³-hybridized carbons (Fsp3) is 0.105. The zero-order valence-corrected chi connectivity index (χ0v) is 13.7. The number of aromatic nitrogens is 2. The molecule has 0 saturated carbocycles. The van der Waals surface area contributed by atoms with Crippen molar-refractivity contribution in [2.75, 3.05) is 5.32 Å². The summed E-state index contributed by atoms with van der Waals surface area (Å²) in [6.07, 6.45) is 2.75. The van der Waals surface area contributed by atoms with Gasteiger partial charge in [0.1, 0.15) is 17.3 Å². The van der Waals surface area contributed by atoms with Crippen molar-refractivity contribution in [3.05, 3.63) is 83.6 Å². The monoisotopic (exact) mass is 336 g/mol. The molecule has 0 atom stereocenters. The molecule has 25 heavy (non-hydrogen) atoms. The molecule has 0 fully saturated rings. The molecule has 2 aromatic carbocycles. The molecular formula is C19H17FN4O. The van der Waals surface area contributed by atoms with Crippen molar-refractivity contribution >= 4 is 17.4 Å². The number of benzene rings is 2. The van der Waals surface area contributed by atoms with Crippen LogP contribution in [0.2, 0.25) is 0 Å². The second-order valence-electron chi connectivity index (χ2n) is 5.56. The standard InChI is InChI=1S/C19H17FN4O/c1-13-5-4-6-14(9-13)10-23-19(25)17-11-22-18(12-21-17)24-16-8-3-2-7-15(16)20/h2-9,11-12H,10H2,1H3,(H,22,24)(H,23,25). The van der Waals surface area contributed by atoms with Crippen LogP contribution < -0.4 is 10.6 Å². The average molecular weight is 336 g/mol. The van der Waals surface area contributed by atoms with E-state index in [0.29, 0.717) is 18.1 Å². The number of nitrogens with one attached hydrogen (secondary N) is 2. The summed E-state index contributed by atoms with van der Waals surface area (Å²) in [5.41, 5.74) is 2.65. The van der Waals surface area contributed by atoms with Crippen molar-refractivity contribution < 1.29 is 9.18 Å². The average Bonchev–Trinajstić information content (AvgIpc) is 2.62. The van der Waals surface area contributed by atoms with Gasteiger partial charge in [-0.1, -0.05) is 42.0 Å². The second kappa shape index (κ2) is 7.53. The molecule has 6 heteroatoms. The Morgan fingerprint density at radius 1 is 1.08 bits per heavy atom. The maximum absolute atomic E-state index is 13.6. The van der Waals surface area contributed by atoms with E-state index in [1.807, 2.05) is 31.2 Å². The summed E-state index contributed by atoms with van der Waals surface area (Å²) in [6, 6.07) is 14.2. The van der Waals surface area contributed by atoms with Crippen LogP contribution in [0.1, 0.15) is 21.6 Å². The molecule has 2 N–H and O–H groups in total. The third kappa shape index (κ3) is 4.38. The maximum atomic E-state index is 13.6. The molecule has 0 aliphatic rings. The molecule has 0 aliphatic heterocycles. The first-order valence-corrected chi connectivity index (χ1v) is 7.79. The molecule has 1 heterocycles. The largest absolute Gasteiger partial charge is 0.347 e. The molecule has 126 valence electrons. The molecular weight excluding hydrogens is 319 g/mol. The number of hydrogen-bond donors (Lipinski definition) is 2. The van der Waals surface area contributed by atoms with Gasteiger partial charge in [-0.05, 0) is 24.6 Å². The minimum absolute atomic E-state index is 0.201. The molecule has 1 amide bonds. The van der Waals surface area contributed by atoms with Crippen LogP contribution in [-0.4, -0.2) is 15.9 Å². The van der Waals surface area contributed by atoms with Crippen LogP contribution in [0.15, 0.2) is 60.9 Å². The molecule has 0 unspecified atom stereocenters. The Kier molecular flexibility index (Phi) is 4.99. The minimum atomic E-state index is -0.385. The van der Waals surface area contributed by atoms with Crippen molar-refractivity contribution in [3.8, 4) is 0 Å². The lowest BCUT2D eigenvalue weighted by molar-refractivity contribution is 0.0945. The molecule has 0 bridgehead atoms. The Bertz CT molecular complexity index is 881. The van der Waals surface area contributed by atoms with Crippen LogP contribution in [0.5, 0.6) is 0 Å². The first-order chi connectivity index (χ1) is 12.1. The van der Waals surface area contributed by atoms with Crippen molar-refractivity contribution in [1.82, 2.24) is 15.3 Å². The van der Waals surface area contributed by atoms with E-state index in [1.54, 1.807) is 18.2 Å². The van der Waals surface area contributed by atoms with E-state index in [1.165, 1.54) is 18.5 Å². The van der Waals surface area contributed by atoms with Crippen LogP contribution in [0, 0.1) is 12.7 Å². The van der Waals surface area contributed by atoms with Gasteiger partial charge in [0, 0.05) is 6.54 Å². The fourth-order valence-electron chi connectivity index (χ4n) is 2.31. The van der Waals surface area contributed by atoms with Gasteiger partial charge >= 0.3 is 0 Å². The molecule has 3 aromatic rings. The predicted octanol–water partition coefficient (Wildman–Crippen LogP) is 3.60. The number of carbonyl (C=O) groups excluding carboxylic acids is 1. The number of para-hydroxylation sites is 1. The van der Waals surface area contributed by atoms with Gasteiger partial charge in [0.05, 0.1) is 18.1 Å². The van der Waals surface area contributed by atoms with Gasteiger partial charge in [0.25, 0.3) is 5.91 Å². The Morgan fingerprint density at radius 3 is 2.64 bits per heavy atom. The van der Waals surface area contributed by atoms with Crippen LogP contribution in [0.3, 0.4) is 0 Å². The van der Waals surface area contributed by atoms with Crippen LogP contribution in [0.25, 0.3) is 0 Å². The number of rotatable bonds is 5. The van der Waals surface area contributed by atoms with Gasteiger partial charge in [-0.2, -0.15) is 0 Å². The number of anilines is 2.